The van der Waals surface area contributed by atoms with Crippen LogP contribution in [0, 0.1) is 5.41 Å². The van der Waals surface area contributed by atoms with Crippen LogP contribution in [0.1, 0.15) is 59.3 Å². The first-order chi connectivity index (χ1) is 9.17. The van der Waals surface area contributed by atoms with Gasteiger partial charge in [0.25, 0.3) is 0 Å². The molecule has 1 aromatic rings. The summed E-state index contributed by atoms with van der Waals surface area (Å²) in [7, 11) is 0. The second-order valence-corrected chi connectivity index (χ2v) is 6.31. The third-order valence-electron chi connectivity index (χ3n) is 5.11. The first-order valence-corrected chi connectivity index (χ1v) is 7.89. The predicted molar refractivity (Wildman–Crippen MR) is 80.1 cm³/mol. The van der Waals surface area contributed by atoms with E-state index in [9.17, 15) is 0 Å². The Balaban J connectivity index is 1.76. The Hall–Kier alpha value is -0.830. The molecule has 2 rings (SSSR count). The summed E-state index contributed by atoms with van der Waals surface area (Å²) in [5.74, 6) is 0. The van der Waals surface area contributed by atoms with E-state index in [1.54, 1.807) is 0 Å². The largest absolute Gasteiger partial charge is 0.336 e. The molecule has 1 heterocycles. The van der Waals surface area contributed by atoms with E-state index >= 15 is 0 Å². The minimum Gasteiger partial charge on any atom is -0.336 e. The molecule has 0 amide bonds. The van der Waals surface area contributed by atoms with Crippen LogP contribution in [-0.2, 0) is 6.54 Å². The summed E-state index contributed by atoms with van der Waals surface area (Å²) in [5, 5.41) is 3.79. The zero-order chi connectivity index (χ0) is 13.7. The summed E-state index contributed by atoms with van der Waals surface area (Å²) < 4.78 is 2.16. The maximum Gasteiger partial charge on any atom is 0.0946 e. The van der Waals surface area contributed by atoms with Gasteiger partial charge in [-0.1, -0.05) is 26.7 Å². The summed E-state index contributed by atoms with van der Waals surface area (Å²) in [6.45, 7) is 8.02. The van der Waals surface area contributed by atoms with E-state index in [4.69, 9.17) is 0 Å². The van der Waals surface area contributed by atoms with Crippen LogP contribution in [-0.4, -0.2) is 21.6 Å². The number of hydrogen-bond donors (Lipinski definition) is 1. The minimum atomic E-state index is 0.523. The number of nitrogens with zero attached hydrogens (tertiary/aromatic N) is 2. The van der Waals surface area contributed by atoms with Crippen LogP contribution in [0.15, 0.2) is 18.7 Å². The first kappa shape index (κ1) is 14.6. The number of rotatable bonds is 6. The lowest BCUT2D eigenvalue weighted by Crippen LogP contribution is -2.42. The quantitative estimate of drug-likeness (QED) is 0.849. The third kappa shape index (κ3) is 3.82. The van der Waals surface area contributed by atoms with Crippen LogP contribution < -0.4 is 5.32 Å². The Labute approximate surface area is 117 Å². The molecule has 0 saturated heterocycles. The highest BCUT2D eigenvalue weighted by Crippen LogP contribution is 2.41. The van der Waals surface area contributed by atoms with Gasteiger partial charge in [-0.25, -0.2) is 4.98 Å². The molecule has 3 heteroatoms. The molecule has 0 aromatic carbocycles. The van der Waals surface area contributed by atoms with Crippen LogP contribution in [0.5, 0.6) is 0 Å². The summed E-state index contributed by atoms with van der Waals surface area (Å²) in [4.78, 5) is 4.10. The maximum atomic E-state index is 4.10. The summed E-state index contributed by atoms with van der Waals surface area (Å²) in [6.07, 6.45) is 14.0. The minimum absolute atomic E-state index is 0.523. The van der Waals surface area contributed by atoms with Crippen molar-refractivity contribution in [3.8, 4) is 0 Å². The van der Waals surface area contributed by atoms with Gasteiger partial charge >= 0.3 is 0 Å². The molecule has 0 bridgehead atoms. The van der Waals surface area contributed by atoms with Crippen molar-refractivity contribution < 1.29 is 0 Å². The second-order valence-electron chi connectivity index (χ2n) is 6.31. The highest BCUT2D eigenvalue weighted by molar-refractivity contribution is 4.87. The SMILES string of the molecule is CCC1(CC)CCC(NC(C)Cn2ccnc2)CC1. The molecule has 1 aromatic heterocycles. The molecule has 0 aliphatic heterocycles. The van der Waals surface area contributed by atoms with Crippen LogP contribution in [0.4, 0.5) is 0 Å². The number of imidazole rings is 1. The van der Waals surface area contributed by atoms with E-state index in [0.29, 0.717) is 17.5 Å². The molecular weight excluding hydrogens is 234 g/mol. The van der Waals surface area contributed by atoms with E-state index in [1.807, 2.05) is 18.7 Å². The van der Waals surface area contributed by atoms with Gasteiger partial charge in [0.05, 0.1) is 6.33 Å². The lowest BCUT2D eigenvalue weighted by Gasteiger charge is -2.40. The summed E-state index contributed by atoms with van der Waals surface area (Å²) in [6, 6.07) is 1.24. The predicted octanol–water partition coefficient (Wildman–Crippen LogP) is 3.61. The van der Waals surface area contributed by atoms with Crippen molar-refractivity contribution in [3.05, 3.63) is 18.7 Å². The Morgan fingerprint density at radius 2 is 2.00 bits per heavy atom. The van der Waals surface area contributed by atoms with Crippen LogP contribution >= 0.6 is 0 Å². The van der Waals surface area contributed by atoms with Gasteiger partial charge in [-0.2, -0.15) is 0 Å². The van der Waals surface area contributed by atoms with E-state index in [-0.39, 0.29) is 0 Å². The fourth-order valence-corrected chi connectivity index (χ4v) is 3.52. The second kappa shape index (κ2) is 6.56. The summed E-state index contributed by atoms with van der Waals surface area (Å²) in [5.41, 5.74) is 0.645. The Morgan fingerprint density at radius 3 is 2.53 bits per heavy atom. The zero-order valence-electron chi connectivity index (χ0n) is 12.7. The molecule has 1 atom stereocenters. The molecule has 1 N–H and O–H groups in total. The highest BCUT2D eigenvalue weighted by Gasteiger charge is 2.32. The van der Waals surface area contributed by atoms with Gasteiger partial charge in [-0.05, 0) is 38.0 Å². The third-order valence-corrected chi connectivity index (χ3v) is 5.11. The van der Waals surface area contributed by atoms with E-state index in [2.05, 4.69) is 35.6 Å². The van der Waals surface area contributed by atoms with Crippen molar-refractivity contribution in [1.29, 1.82) is 0 Å². The number of aromatic nitrogens is 2. The molecule has 1 aliphatic rings. The van der Waals surface area contributed by atoms with Gasteiger partial charge < -0.3 is 9.88 Å². The molecule has 1 aliphatic carbocycles. The lowest BCUT2D eigenvalue weighted by molar-refractivity contribution is 0.143. The molecule has 1 fully saturated rings. The summed E-state index contributed by atoms with van der Waals surface area (Å²) >= 11 is 0. The van der Waals surface area contributed by atoms with Crippen molar-refractivity contribution in [1.82, 2.24) is 14.9 Å². The molecular formula is C16H29N3. The molecule has 0 spiro atoms. The van der Waals surface area contributed by atoms with Crippen molar-refractivity contribution in [2.75, 3.05) is 0 Å². The topological polar surface area (TPSA) is 29.9 Å². The molecule has 19 heavy (non-hydrogen) atoms. The van der Waals surface area contributed by atoms with Gasteiger partial charge in [-0.15, -0.1) is 0 Å². The maximum absolute atomic E-state index is 4.10. The van der Waals surface area contributed by atoms with E-state index in [1.165, 1.54) is 38.5 Å². The fourth-order valence-electron chi connectivity index (χ4n) is 3.52. The standard InChI is InChI=1S/C16H29N3/c1-4-16(5-2)8-6-15(7-9-16)18-14(3)12-19-11-10-17-13-19/h10-11,13-15,18H,4-9,12H2,1-3H3. The molecule has 1 unspecified atom stereocenters. The van der Waals surface area contributed by atoms with Crippen LogP contribution in [0.25, 0.3) is 0 Å². The number of hydrogen-bond acceptors (Lipinski definition) is 2. The Kier molecular flexibility index (Phi) is 5.03. The van der Waals surface area contributed by atoms with Crippen molar-refractivity contribution in [3.63, 3.8) is 0 Å². The monoisotopic (exact) mass is 263 g/mol. The Bertz CT molecular complexity index is 344. The van der Waals surface area contributed by atoms with Crippen LogP contribution in [0.3, 0.4) is 0 Å². The lowest BCUT2D eigenvalue weighted by atomic mass is 9.69. The fraction of sp³-hybridized carbons (Fsp3) is 0.812. The van der Waals surface area contributed by atoms with Gasteiger partial charge in [0.15, 0.2) is 0 Å². The zero-order valence-corrected chi connectivity index (χ0v) is 12.7. The molecule has 0 radical (unpaired) electrons. The molecule has 1 saturated carbocycles. The van der Waals surface area contributed by atoms with Gasteiger partial charge in [0.2, 0.25) is 0 Å². The van der Waals surface area contributed by atoms with E-state index in [0.717, 1.165) is 6.54 Å². The molecule has 108 valence electrons. The normalized spacial score (nSPS) is 21.4. The van der Waals surface area contributed by atoms with Crippen molar-refractivity contribution in [2.45, 2.75) is 77.9 Å². The Morgan fingerprint density at radius 1 is 1.32 bits per heavy atom. The van der Waals surface area contributed by atoms with Crippen molar-refractivity contribution in [2.24, 2.45) is 5.41 Å². The average Bonchev–Trinajstić information content (AvgIpc) is 2.93. The van der Waals surface area contributed by atoms with E-state index < -0.39 is 0 Å². The van der Waals surface area contributed by atoms with Gasteiger partial charge in [0.1, 0.15) is 0 Å². The van der Waals surface area contributed by atoms with Gasteiger partial charge in [-0.3, -0.25) is 0 Å². The number of nitrogens with one attached hydrogen (secondary N) is 1. The van der Waals surface area contributed by atoms with Crippen LogP contribution in [0.2, 0.25) is 0 Å². The highest BCUT2D eigenvalue weighted by atomic mass is 15.1. The smallest absolute Gasteiger partial charge is 0.0946 e. The first-order valence-electron chi connectivity index (χ1n) is 7.89. The van der Waals surface area contributed by atoms with Gasteiger partial charge in [0, 0.05) is 31.0 Å². The average molecular weight is 263 g/mol. The van der Waals surface area contributed by atoms with Crippen molar-refractivity contribution >= 4 is 0 Å². The molecule has 3 nitrogen and oxygen atoms in total.